The second-order valence-corrected chi connectivity index (χ2v) is 35.7. The van der Waals surface area contributed by atoms with E-state index in [0.29, 0.717) is 0 Å². The minimum atomic E-state index is -0.568. The van der Waals surface area contributed by atoms with Crippen molar-refractivity contribution in [2.24, 2.45) is 0 Å². The van der Waals surface area contributed by atoms with Crippen molar-refractivity contribution in [1.82, 2.24) is 0 Å². The molecule has 59 heavy (non-hydrogen) atoms. The largest absolute Gasteiger partial charge is 1.00 e. The monoisotopic (exact) mass is 1050 g/mol. The zero-order valence-electron chi connectivity index (χ0n) is 38.8. The maximum atomic E-state index is 4.76. The summed E-state index contributed by atoms with van der Waals surface area (Å²) in [5.74, 6) is 0. The number of rotatable bonds is 16. The molecule has 10 heteroatoms. The second kappa shape index (κ2) is 31.1. The Hall–Kier alpha value is 1.08. The van der Waals surface area contributed by atoms with Gasteiger partial charge in [0.2, 0.25) is 0 Å². The summed E-state index contributed by atoms with van der Waals surface area (Å²) in [4.78, 5) is 0. The predicted octanol–water partition coefficient (Wildman–Crippen LogP) is 13.2. The molecule has 0 spiro atoms. The Morgan fingerprint density at radius 3 is 0.593 bits per heavy atom. The van der Waals surface area contributed by atoms with Gasteiger partial charge in [-0.3, -0.25) is 0 Å². The van der Waals surface area contributed by atoms with E-state index in [1.54, 1.807) is 21.2 Å². The molecule has 0 amide bonds. The summed E-state index contributed by atoms with van der Waals surface area (Å²) in [7, 11) is 0.526. The van der Waals surface area contributed by atoms with Crippen molar-refractivity contribution in [2.45, 2.75) is 156 Å². The van der Waals surface area contributed by atoms with E-state index in [0.717, 1.165) is 45.3 Å². The Morgan fingerprint density at radius 2 is 0.458 bits per heavy atom. The van der Waals surface area contributed by atoms with Crippen LogP contribution in [0, 0.1) is 0 Å². The minimum absolute atomic E-state index is 0. The molecular formula is C49H78Cl2Cu2P6+4. The van der Waals surface area contributed by atoms with Gasteiger partial charge < -0.3 is 17.2 Å². The molecule has 0 fully saturated rings. The minimum Gasteiger partial charge on any atom is -0.464 e. The van der Waals surface area contributed by atoms with Gasteiger partial charge in [-0.15, -0.1) is 23.2 Å². The third-order valence-corrected chi connectivity index (χ3v) is 27.9. The van der Waals surface area contributed by atoms with Crippen LogP contribution in [0.2, 0.25) is 0 Å². The smallest absolute Gasteiger partial charge is 0.464 e. The van der Waals surface area contributed by atoms with E-state index in [4.69, 9.17) is 23.2 Å². The van der Waals surface area contributed by atoms with E-state index in [-0.39, 0.29) is 39.5 Å². The van der Waals surface area contributed by atoms with Gasteiger partial charge >= 0.3 is 34.1 Å². The molecule has 0 aliphatic heterocycles. The van der Waals surface area contributed by atoms with E-state index < -0.39 is 31.7 Å². The van der Waals surface area contributed by atoms with Gasteiger partial charge in [0, 0.05) is 31.7 Å². The standard InChI is InChI=1S/2C24H36P3.CH2Cl2.2Cu/c2*1-17(2)26(18(3)4)23-15-11-9-13-21(23)25-22-14-10-12-16-24(22)27(19(5)6)20(7)8;2-1-3;;/h2*9-20H,1-8H3;1H2;;/q2*-1;;2*+1/p+4. The number of alkyl halides is 2. The Balaban J connectivity index is 0.00000104. The first-order chi connectivity index (χ1) is 26.9. The molecule has 0 saturated heterocycles. The molecule has 0 radical (unpaired) electrons. The Kier molecular flexibility index (Phi) is 31.6. The van der Waals surface area contributed by atoms with Crippen LogP contribution in [-0.4, -0.2) is 50.6 Å². The van der Waals surface area contributed by atoms with Gasteiger partial charge in [-0.25, -0.2) is 0 Å². The number of hydrogen-bond donors (Lipinski definition) is 0. The Labute approximate surface area is 403 Å². The molecule has 0 N–H and O–H groups in total. The average molecular weight is 1050 g/mol. The molecule has 4 rings (SSSR count). The zero-order chi connectivity index (χ0) is 43.0. The fraction of sp³-hybridized carbons (Fsp3) is 0.510. The first-order valence-corrected chi connectivity index (χ1v) is 30.8. The number of hydrogen-bond acceptors (Lipinski definition) is 0. The van der Waals surface area contributed by atoms with Crippen molar-refractivity contribution in [2.75, 3.05) is 5.34 Å². The fourth-order valence-electron chi connectivity index (χ4n) is 8.68. The molecule has 4 aromatic carbocycles. The molecular weight excluding hydrogens is 972 g/mol. The van der Waals surface area contributed by atoms with Crippen LogP contribution in [-0.2, 0) is 34.1 Å². The first kappa shape index (κ1) is 60.1. The van der Waals surface area contributed by atoms with Crippen LogP contribution in [0.15, 0.2) is 97.1 Å². The van der Waals surface area contributed by atoms with Crippen LogP contribution in [0.5, 0.6) is 0 Å². The van der Waals surface area contributed by atoms with Gasteiger partial charge in [-0.05, 0) is 135 Å². The van der Waals surface area contributed by atoms with Crippen molar-refractivity contribution >= 4 is 114 Å². The van der Waals surface area contributed by atoms with Crippen LogP contribution in [0.3, 0.4) is 0 Å². The predicted molar refractivity (Wildman–Crippen MR) is 288 cm³/mol. The van der Waals surface area contributed by atoms with Crippen LogP contribution in [0.25, 0.3) is 0 Å². The normalized spacial score (nSPS) is 11.6. The van der Waals surface area contributed by atoms with Crippen LogP contribution < -0.4 is 42.4 Å². The Bertz CT molecular complexity index is 1450. The summed E-state index contributed by atoms with van der Waals surface area (Å²) in [5.41, 5.74) is 6.06. The summed E-state index contributed by atoms with van der Waals surface area (Å²) in [6.45, 7) is 38.6. The molecule has 0 aromatic heterocycles. The van der Waals surface area contributed by atoms with Gasteiger partial charge in [0.25, 0.3) is 0 Å². The van der Waals surface area contributed by atoms with Crippen molar-refractivity contribution in [3.8, 4) is 0 Å². The van der Waals surface area contributed by atoms with Gasteiger partial charge in [0.1, 0.15) is 0 Å². The molecule has 336 valence electrons. The molecule has 0 bridgehead atoms. The van der Waals surface area contributed by atoms with Crippen molar-refractivity contribution < 1.29 is 34.1 Å². The van der Waals surface area contributed by atoms with E-state index in [2.05, 4.69) is 208 Å². The second-order valence-electron chi connectivity index (χ2n) is 17.5. The van der Waals surface area contributed by atoms with Gasteiger partial charge in [0.15, 0.2) is 0 Å². The summed E-state index contributed by atoms with van der Waals surface area (Å²) in [6.07, 6.45) is 0. The summed E-state index contributed by atoms with van der Waals surface area (Å²) in [5, 5.41) is 12.9. The van der Waals surface area contributed by atoms with E-state index >= 15 is 0 Å². The van der Waals surface area contributed by atoms with Crippen molar-refractivity contribution in [3.05, 3.63) is 97.1 Å². The molecule has 0 saturated carbocycles. The van der Waals surface area contributed by atoms with Crippen molar-refractivity contribution in [1.29, 1.82) is 0 Å². The van der Waals surface area contributed by atoms with Crippen molar-refractivity contribution in [3.63, 3.8) is 0 Å². The van der Waals surface area contributed by atoms with E-state index in [1.165, 1.54) is 38.4 Å². The Morgan fingerprint density at radius 1 is 0.322 bits per heavy atom. The number of benzene rings is 4. The summed E-state index contributed by atoms with van der Waals surface area (Å²) >= 11 is 9.53. The molecule has 0 aliphatic rings. The van der Waals surface area contributed by atoms with Gasteiger partial charge in [-0.2, -0.15) is 21.2 Å². The third-order valence-electron chi connectivity index (χ3n) is 10.3. The molecule has 0 nitrogen and oxygen atoms in total. The quantitative estimate of drug-likeness (QED) is 0.0596. The topological polar surface area (TPSA) is 0 Å². The first-order valence-electron chi connectivity index (χ1n) is 21.3. The van der Waals surface area contributed by atoms with E-state index in [1.807, 2.05) is 0 Å². The third kappa shape index (κ3) is 18.8. The van der Waals surface area contributed by atoms with Gasteiger partial charge in [-0.1, -0.05) is 72.8 Å². The van der Waals surface area contributed by atoms with Gasteiger partial charge in [0.05, 0.1) is 71.8 Å². The fourth-order valence-corrected chi connectivity index (χ4v) is 25.8. The number of halogens is 2. The van der Waals surface area contributed by atoms with Crippen LogP contribution >= 0.6 is 72.0 Å². The summed E-state index contributed by atoms with van der Waals surface area (Å²) in [6, 6.07) is 37.0. The average Bonchev–Trinajstić information content (AvgIpc) is 3.11. The molecule has 4 aromatic rings. The zero-order valence-corrected chi connectivity index (χ0v) is 48.0. The molecule has 0 aliphatic carbocycles. The maximum absolute atomic E-state index is 4.76. The van der Waals surface area contributed by atoms with E-state index in [9.17, 15) is 0 Å². The van der Waals surface area contributed by atoms with Crippen LogP contribution in [0.4, 0.5) is 0 Å². The summed E-state index contributed by atoms with van der Waals surface area (Å²) < 4.78 is 0. The molecule has 0 unspecified atom stereocenters. The molecule has 0 heterocycles. The maximum Gasteiger partial charge on any atom is 1.00 e. The molecule has 0 atom stereocenters. The van der Waals surface area contributed by atoms with Crippen LogP contribution in [0.1, 0.15) is 111 Å². The SMILES string of the molecule is CC(C)[PH+](c1ccccc1[P-]c1ccccc1[PH+](C(C)C)C(C)C)C(C)C.CC(C)[PH+](c1ccccc1[P-]c1ccccc1[PH+](C(C)C)C(C)C)C(C)C.ClCCl.[Cu+].[Cu+].